The minimum atomic E-state index is -0.984. The van der Waals surface area contributed by atoms with Crippen molar-refractivity contribution in [3.8, 4) is 0 Å². The van der Waals surface area contributed by atoms with Crippen LogP contribution in [0.25, 0.3) is 0 Å². The second-order valence-corrected chi connectivity index (χ2v) is 12.9. The Kier molecular flexibility index (Phi) is 6.39. The molecule has 3 atom stereocenters. The van der Waals surface area contributed by atoms with Crippen LogP contribution >= 0.6 is 0 Å². The first-order valence-electron chi connectivity index (χ1n) is 9.44. The Morgan fingerprint density at radius 1 is 0.850 bits per heavy atom. The second kappa shape index (κ2) is 7.82. The quantitative estimate of drug-likeness (QED) is 0.236. The van der Waals surface area contributed by atoms with Crippen LogP contribution in [0.1, 0.15) is 72.1 Å². The topological polar surface area (TPSA) is 0 Å². The molecule has 1 saturated carbocycles. The maximum atomic E-state index is 2.59. The molecule has 2 aliphatic rings. The average Bonchev–Trinajstić information content (AvgIpc) is 3.10. The zero-order chi connectivity index (χ0) is 14.4. The van der Waals surface area contributed by atoms with Crippen molar-refractivity contribution in [3.05, 3.63) is 12.2 Å². The van der Waals surface area contributed by atoms with Crippen molar-refractivity contribution in [1.82, 2.24) is 0 Å². The number of rotatable bonds is 10. The normalized spacial score (nSPS) is 28.4. The highest BCUT2D eigenvalue weighted by Gasteiger charge is 2.47. The van der Waals surface area contributed by atoms with E-state index in [9.17, 15) is 0 Å². The van der Waals surface area contributed by atoms with Gasteiger partial charge in [-0.1, -0.05) is 89.6 Å². The minimum absolute atomic E-state index is 0.972. The van der Waals surface area contributed by atoms with Crippen molar-refractivity contribution in [1.29, 1.82) is 0 Å². The van der Waals surface area contributed by atoms with Crippen LogP contribution in [0.4, 0.5) is 0 Å². The van der Waals surface area contributed by atoms with Gasteiger partial charge in [0.05, 0.1) is 8.07 Å². The molecule has 0 aromatic heterocycles. The van der Waals surface area contributed by atoms with Crippen LogP contribution in [0.5, 0.6) is 0 Å². The maximum absolute atomic E-state index is 2.59. The third-order valence-electron chi connectivity index (χ3n) is 6.50. The zero-order valence-corrected chi connectivity index (χ0v) is 15.2. The molecule has 0 heterocycles. The molecule has 0 spiro atoms. The highest BCUT2D eigenvalue weighted by atomic mass is 28.3. The molecule has 1 fully saturated rings. The molecule has 0 saturated heterocycles. The Morgan fingerprint density at radius 3 is 2.10 bits per heavy atom. The predicted molar refractivity (Wildman–Crippen MR) is 94.0 cm³/mol. The first-order chi connectivity index (χ1) is 9.75. The fraction of sp³-hybridized carbons (Fsp3) is 0.895. The van der Waals surface area contributed by atoms with Gasteiger partial charge in [-0.3, -0.25) is 0 Å². The highest BCUT2D eigenvalue weighted by Crippen LogP contribution is 2.55. The fourth-order valence-electron chi connectivity index (χ4n) is 5.06. The van der Waals surface area contributed by atoms with E-state index in [0.717, 1.165) is 17.4 Å². The van der Waals surface area contributed by atoms with Gasteiger partial charge in [-0.05, 0) is 30.2 Å². The molecule has 116 valence electrons. The van der Waals surface area contributed by atoms with Gasteiger partial charge in [-0.25, -0.2) is 0 Å². The Morgan fingerprint density at radius 2 is 1.55 bits per heavy atom. The summed E-state index contributed by atoms with van der Waals surface area (Å²) in [6, 6.07) is 4.72. The van der Waals surface area contributed by atoms with Gasteiger partial charge in [0.2, 0.25) is 0 Å². The van der Waals surface area contributed by atoms with E-state index >= 15 is 0 Å². The first kappa shape index (κ1) is 16.3. The van der Waals surface area contributed by atoms with Crippen LogP contribution in [0.15, 0.2) is 12.2 Å². The molecule has 0 aliphatic heterocycles. The molecule has 0 radical (unpaired) electrons. The summed E-state index contributed by atoms with van der Waals surface area (Å²) < 4.78 is 0. The van der Waals surface area contributed by atoms with Crippen molar-refractivity contribution in [2.24, 2.45) is 11.8 Å². The van der Waals surface area contributed by atoms with Crippen LogP contribution in [0, 0.1) is 11.8 Å². The molecule has 0 aromatic rings. The SMILES string of the molecule is CCCCCCCC[Si](CC)(CC)C1CC2C=CC1C2. The summed E-state index contributed by atoms with van der Waals surface area (Å²) in [5.74, 6) is 1.96. The van der Waals surface area contributed by atoms with E-state index < -0.39 is 8.07 Å². The third kappa shape index (κ3) is 3.58. The molecule has 1 heteroatoms. The molecule has 0 amide bonds. The summed E-state index contributed by atoms with van der Waals surface area (Å²) in [6.07, 6.45) is 17.0. The predicted octanol–water partition coefficient (Wildman–Crippen LogP) is 6.80. The van der Waals surface area contributed by atoms with Crippen LogP contribution in [-0.4, -0.2) is 8.07 Å². The molecule has 2 bridgehead atoms. The zero-order valence-electron chi connectivity index (χ0n) is 14.2. The number of allylic oxidation sites excluding steroid dienone is 2. The van der Waals surface area contributed by atoms with Crippen LogP contribution in [0.3, 0.4) is 0 Å². The van der Waals surface area contributed by atoms with Gasteiger partial charge in [0.25, 0.3) is 0 Å². The van der Waals surface area contributed by atoms with Crippen molar-refractivity contribution >= 4 is 8.07 Å². The molecule has 2 aliphatic carbocycles. The Hall–Kier alpha value is -0.0431. The van der Waals surface area contributed by atoms with Gasteiger partial charge in [-0.15, -0.1) is 0 Å². The van der Waals surface area contributed by atoms with Crippen LogP contribution in [0.2, 0.25) is 23.7 Å². The van der Waals surface area contributed by atoms with Crippen molar-refractivity contribution in [3.63, 3.8) is 0 Å². The lowest BCUT2D eigenvalue weighted by Crippen LogP contribution is -2.40. The second-order valence-electron chi connectivity index (χ2n) is 7.47. The van der Waals surface area contributed by atoms with Gasteiger partial charge in [-0.2, -0.15) is 0 Å². The fourth-order valence-corrected chi connectivity index (χ4v) is 10.6. The van der Waals surface area contributed by atoms with E-state index in [0.29, 0.717) is 0 Å². The lowest BCUT2D eigenvalue weighted by Gasteiger charge is -2.39. The Balaban J connectivity index is 1.81. The monoisotopic (exact) mass is 292 g/mol. The molecular weight excluding hydrogens is 256 g/mol. The number of unbranched alkanes of at least 4 members (excludes halogenated alkanes) is 5. The van der Waals surface area contributed by atoms with E-state index in [2.05, 4.69) is 32.9 Å². The summed E-state index contributed by atoms with van der Waals surface area (Å²) in [5.41, 5.74) is 1.14. The standard InChI is InChI=1S/C19H36Si/c1-4-7-8-9-10-11-14-20(5-2,6-3)19-16-17-12-13-18(19)15-17/h12-13,17-19H,4-11,14-16H2,1-3H3. The first-order valence-corrected chi connectivity index (χ1v) is 12.1. The minimum Gasteiger partial charge on any atom is -0.0851 e. The lowest BCUT2D eigenvalue weighted by atomic mass is 10.1. The summed E-state index contributed by atoms with van der Waals surface area (Å²) in [4.78, 5) is 0. The Bertz CT molecular complexity index is 303. The van der Waals surface area contributed by atoms with Gasteiger partial charge in [0, 0.05) is 0 Å². The van der Waals surface area contributed by atoms with Gasteiger partial charge in [0.1, 0.15) is 0 Å². The van der Waals surface area contributed by atoms with Crippen molar-refractivity contribution < 1.29 is 0 Å². The molecule has 3 unspecified atom stereocenters. The number of fused-ring (bicyclic) bond motifs is 2. The Labute approximate surface area is 128 Å². The van der Waals surface area contributed by atoms with Gasteiger partial charge >= 0.3 is 0 Å². The summed E-state index contributed by atoms with van der Waals surface area (Å²) in [6.45, 7) is 7.35. The van der Waals surface area contributed by atoms with E-state index in [-0.39, 0.29) is 0 Å². The van der Waals surface area contributed by atoms with E-state index in [1.165, 1.54) is 44.9 Å². The van der Waals surface area contributed by atoms with Crippen LogP contribution in [-0.2, 0) is 0 Å². The number of hydrogen-bond acceptors (Lipinski definition) is 0. The van der Waals surface area contributed by atoms with E-state index in [1.807, 2.05) is 0 Å². The summed E-state index contributed by atoms with van der Waals surface area (Å²) in [7, 11) is -0.984. The third-order valence-corrected chi connectivity index (χ3v) is 12.9. The van der Waals surface area contributed by atoms with Crippen molar-refractivity contribution in [2.75, 3.05) is 0 Å². The lowest BCUT2D eigenvalue weighted by molar-refractivity contribution is 0.610. The highest BCUT2D eigenvalue weighted by molar-refractivity contribution is 6.81. The molecule has 2 rings (SSSR count). The average molecular weight is 293 g/mol. The molecular formula is C19H36Si. The van der Waals surface area contributed by atoms with Gasteiger partial charge < -0.3 is 0 Å². The van der Waals surface area contributed by atoms with E-state index in [1.54, 1.807) is 24.6 Å². The molecule has 0 aromatic carbocycles. The molecule has 0 N–H and O–H groups in total. The summed E-state index contributed by atoms with van der Waals surface area (Å²) in [5, 5.41) is 0. The number of hydrogen-bond donors (Lipinski definition) is 0. The van der Waals surface area contributed by atoms with Gasteiger partial charge in [0.15, 0.2) is 0 Å². The van der Waals surface area contributed by atoms with Crippen molar-refractivity contribution in [2.45, 2.75) is 95.8 Å². The molecule has 20 heavy (non-hydrogen) atoms. The van der Waals surface area contributed by atoms with E-state index in [4.69, 9.17) is 0 Å². The smallest absolute Gasteiger partial charge is 0.0567 e. The largest absolute Gasteiger partial charge is 0.0851 e. The maximum Gasteiger partial charge on any atom is 0.0567 e. The molecule has 0 nitrogen and oxygen atoms in total. The van der Waals surface area contributed by atoms with Crippen LogP contribution < -0.4 is 0 Å². The summed E-state index contributed by atoms with van der Waals surface area (Å²) >= 11 is 0.